The number of nitrogens with two attached hydrogens (primary N) is 1. The van der Waals surface area contributed by atoms with Crippen LogP contribution in [-0.4, -0.2) is 33.8 Å². The van der Waals surface area contributed by atoms with E-state index in [1.54, 1.807) is 19.0 Å². The molecule has 0 aromatic heterocycles. The highest BCUT2D eigenvalue weighted by molar-refractivity contribution is 7.90. The van der Waals surface area contributed by atoms with Gasteiger partial charge in [0.25, 0.3) is 10.0 Å². The van der Waals surface area contributed by atoms with E-state index < -0.39 is 10.0 Å². The summed E-state index contributed by atoms with van der Waals surface area (Å²) in [4.78, 5) is 1.68. The molecule has 1 aromatic rings. The lowest BCUT2D eigenvalue weighted by atomic mass is 10.3. The van der Waals surface area contributed by atoms with Crippen molar-refractivity contribution in [2.75, 3.05) is 19.8 Å². The zero-order valence-corrected chi connectivity index (χ0v) is 9.40. The van der Waals surface area contributed by atoms with Crippen LogP contribution >= 0.6 is 0 Å². The highest BCUT2D eigenvalue weighted by atomic mass is 32.2. The Bertz CT molecular complexity index is 449. The molecule has 0 aliphatic heterocycles. The van der Waals surface area contributed by atoms with Crippen molar-refractivity contribution in [2.24, 2.45) is 4.40 Å². The van der Waals surface area contributed by atoms with Gasteiger partial charge in [-0.25, -0.2) is 0 Å². The van der Waals surface area contributed by atoms with Gasteiger partial charge >= 0.3 is 0 Å². The molecule has 0 unspecified atom stereocenters. The maximum absolute atomic E-state index is 11.6. The minimum atomic E-state index is -3.60. The second-order valence-corrected chi connectivity index (χ2v) is 4.86. The Labute approximate surface area is 89.3 Å². The maximum atomic E-state index is 11.6. The Kier molecular flexibility index (Phi) is 3.31. The van der Waals surface area contributed by atoms with Crippen LogP contribution in [-0.2, 0) is 10.0 Å². The molecule has 0 saturated carbocycles. The molecule has 1 aromatic carbocycles. The van der Waals surface area contributed by atoms with Crippen molar-refractivity contribution in [3.05, 3.63) is 24.3 Å². The third-order valence-electron chi connectivity index (χ3n) is 1.59. The van der Waals surface area contributed by atoms with Gasteiger partial charge < -0.3 is 10.6 Å². The van der Waals surface area contributed by atoms with Crippen LogP contribution < -0.4 is 5.73 Å². The quantitative estimate of drug-likeness (QED) is 0.465. The molecular weight excluding hydrogens is 214 g/mol. The average molecular weight is 227 g/mol. The molecule has 0 heterocycles. The lowest BCUT2D eigenvalue weighted by molar-refractivity contribution is 0.595. The van der Waals surface area contributed by atoms with Gasteiger partial charge in [-0.2, -0.15) is 8.42 Å². The highest BCUT2D eigenvalue weighted by Gasteiger charge is 2.10. The molecule has 0 spiro atoms. The summed E-state index contributed by atoms with van der Waals surface area (Å²) >= 11 is 0. The number of hydrogen-bond acceptors (Lipinski definition) is 3. The summed E-state index contributed by atoms with van der Waals surface area (Å²) in [5, 5.41) is 0. The first kappa shape index (κ1) is 11.5. The van der Waals surface area contributed by atoms with Crippen molar-refractivity contribution in [2.45, 2.75) is 4.90 Å². The largest absolute Gasteiger partial charge is 0.399 e. The predicted molar refractivity (Wildman–Crippen MR) is 60.2 cm³/mol. The molecule has 82 valence electrons. The third-order valence-corrected chi connectivity index (χ3v) is 2.83. The van der Waals surface area contributed by atoms with Gasteiger partial charge in [-0.05, 0) is 24.3 Å². The van der Waals surface area contributed by atoms with Gasteiger partial charge in [0.1, 0.15) is 6.34 Å². The molecule has 15 heavy (non-hydrogen) atoms. The Morgan fingerprint density at radius 3 is 2.27 bits per heavy atom. The fourth-order valence-electron chi connectivity index (χ4n) is 0.857. The molecule has 2 N–H and O–H groups in total. The first-order valence-corrected chi connectivity index (χ1v) is 5.68. The van der Waals surface area contributed by atoms with Gasteiger partial charge in [-0.1, -0.05) is 0 Å². The van der Waals surface area contributed by atoms with Crippen molar-refractivity contribution in [3.63, 3.8) is 0 Å². The molecule has 0 fully saturated rings. The van der Waals surface area contributed by atoms with Gasteiger partial charge in [0.15, 0.2) is 0 Å². The second kappa shape index (κ2) is 4.31. The number of rotatable bonds is 3. The van der Waals surface area contributed by atoms with Crippen LogP contribution in [0.4, 0.5) is 5.69 Å². The molecule has 6 heteroatoms. The first-order chi connectivity index (χ1) is 6.92. The summed E-state index contributed by atoms with van der Waals surface area (Å²) in [6, 6.07) is 5.91. The molecule has 0 atom stereocenters. The van der Waals surface area contributed by atoms with Crippen molar-refractivity contribution in [1.82, 2.24) is 4.90 Å². The van der Waals surface area contributed by atoms with E-state index in [1.807, 2.05) is 0 Å². The van der Waals surface area contributed by atoms with E-state index in [0.29, 0.717) is 5.69 Å². The van der Waals surface area contributed by atoms with E-state index in [-0.39, 0.29) is 4.90 Å². The minimum absolute atomic E-state index is 0.134. The van der Waals surface area contributed by atoms with Crippen molar-refractivity contribution < 1.29 is 8.42 Å². The smallest absolute Gasteiger partial charge is 0.283 e. The fraction of sp³-hybridized carbons (Fsp3) is 0.222. The minimum Gasteiger partial charge on any atom is -0.399 e. The zero-order chi connectivity index (χ0) is 11.5. The van der Waals surface area contributed by atoms with Gasteiger partial charge in [-0.3, -0.25) is 0 Å². The second-order valence-electron chi connectivity index (χ2n) is 3.23. The predicted octanol–water partition coefficient (Wildman–Crippen LogP) is 0.547. The van der Waals surface area contributed by atoms with E-state index >= 15 is 0 Å². The Hall–Kier alpha value is -1.56. The molecular formula is C9H13N3O2S. The topological polar surface area (TPSA) is 75.8 Å². The Morgan fingerprint density at radius 2 is 1.80 bits per heavy atom. The van der Waals surface area contributed by atoms with Crippen molar-refractivity contribution in [1.29, 1.82) is 0 Å². The van der Waals surface area contributed by atoms with Gasteiger partial charge in [0.05, 0.1) is 4.90 Å². The summed E-state index contributed by atoms with van der Waals surface area (Å²) in [5.41, 5.74) is 5.97. The molecule has 0 amide bonds. The molecule has 0 saturated heterocycles. The van der Waals surface area contributed by atoms with Crippen LogP contribution in [0.3, 0.4) is 0 Å². The van der Waals surface area contributed by atoms with Gasteiger partial charge in [0.2, 0.25) is 0 Å². The number of nitrogens with zero attached hydrogens (tertiary/aromatic N) is 2. The van der Waals surface area contributed by atoms with E-state index in [9.17, 15) is 8.42 Å². The van der Waals surface area contributed by atoms with E-state index in [1.165, 1.54) is 30.6 Å². The molecule has 0 bridgehead atoms. The van der Waals surface area contributed by atoms with E-state index in [4.69, 9.17) is 5.73 Å². The molecule has 1 rings (SSSR count). The fourth-order valence-corrected chi connectivity index (χ4v) is 1.77. The van der Waals surface area contributed by atoms with Gasteiger partial charge in [-0.15, -0.1) is 4.40 Å². The van der Waals surface area contributed by atoms with Crippen LogP contribution in [0, 0.1) is 0 Å². The molecule has 5 nitrogen and oxygen atoms in total. The lowest BCUT2D eigenvalue weighted by Crippen LogP contribution is -2.10. The number of anilines is 1. The average Bonchev–Trinajstić information content (AvgIpc) is 2.16. The van der Waals surface area contributed by atoms with Gasteiger partial charge in [0, 0.05) is 19.8 Å². The van der Waals surface area contributed by atoms with Crippen LogP contribution in [0.15, 0.2) is 33.6 Å². The van der Waals surface area contributed by atoms with E-state index in [0.717, 1.165) is 0 Å². The summed E-state index contributed by atoms with van der Waals surface area (Å²) in [6.45, 7) is 0. The summed E-state index contributed by atoms with van der Waals surface area (Å²) in [5.74, 6) is 0. The van der Waals surface area contributed by atoms with Crippen LogP contribution in [0.25, 0.3) is 0 Å². The number of benzene rings is 1. The maximum Gasteiger partial charge on any atom is 0.283 e. The normalized spacial score (nSPS) is 11.9. The monoisotopic (exact) mass is 227 g/mol. The summed E-state index contributed by atoms with van der Waals surface area (Å²) < 4.78 is 26.7. The number of nitrogen functional groups attached to an aromatic ring is 1. The third kappa shape index (κ3) is 3.25. The molecule has 0 aliphatic rings. The van der Waals surface area contributed by atoms with Crippen LogP contribution in [0.2, 0.25) is 0 Å². The highest BCUT2D eigenvalue weighted by Crippen LogP contribution is 2.13. The van der Waals surface area contributed by atoms with Crippen LogP contribution in [0.1, 0.15) is 0 Å². The summed E-state index contributed by atoms with van der Waals surface area (Å²) in [7, 11) is -0.207. The molecule has 0 aliphatic carbocycles. The number of hydrogen-bond donors (Lipinski definition) is 1. The first-order valence-electron chi connectivity index (χ1n) is 4.24. The van der Waals surface area contributed by atoms with E-state index in [2.05, 4.69) is 4.40 Å². The Morgan fingerprint density at radius 1 is 1.27 bits per heavy atom. The van der Waals surface area contributed by atoms with Crippen molar-refractivity contribution >= 4 is 22.0 Å². The zero-order valence-electron chi connectivity index (χ0n) is 8.58. The summed E-state index contributed by atoms with van der Waals surface area (Å²) in [6.07, 6.45) is 1.24. The molecule has 0 radical (unpaired) electrons. The number of sulfonamides is 1. The Balaban J connectivity index is 3.02. The van der Waals surface area contributed by atoms with Crippen molar-refractivity contribution in [3.8, 4) is 0 Å². The standard InChI is InChI=1S/C9H13N3O2S/c1-12(2)7-11-15(13,14)9-5-3-8(10)4-6-9/h3-7H,10H2,1-2H3/b11-7+. The lowest BCUT2D eigenvalue weighted by Gasteiger charge is -2.03. The van der Waals surface area contributed by atoms with Crippen LogP contribution in [0.5, 0.6) is 0 Å². The SMILES string of the molecule is CN(C)/C=N/S(=O)(=O)c1ccc(N)cc1.